The minimum absolute atomic E-state index is 0.108. The molecule has 0 saturated heterocycles. The lowest BCUT2D eigenvalue weighted by molar-refractivity contribution is -0.161. The van der Waals surface area contributed by atoms with Gasteiger partial charge in [0.05, 0.1) is 26.4 Å². The summed E-state index contributed by atoms with van der Waals surface area (Å²) in [5.41, 5.74) is 0. The molecule has 0 spiro atoms. The summed E-state index contributed by atoms with van der Waals surface area (Å²) in [6.45, 7) is 9.66. The molecule has 19 heteroatoms. The molecule has 0 bridgehead atoms. The fourth-order valence-corrected chi connectivity index (χ4v) is 13.9. The second-order valence-corrected chi connectivity index (χ2v) is 32.7. The largest absolute Gasteiger partial charge is 0.472 e. The molecule has 99 heavy (non-hydrogen) atoms. The highest BCUT2D eigenvalue weighted by atomic mass is 31.2. The first-order valence-electron chi connectivity index (χ1n) is 41.5. The monoisotopic (exact) mass is 1450 g/mol. The lowest BCUT2D eigenvalue weighted by Gasteiger charge is -2.21. The first-order chi connectivity index (χ1) is 47.9. The molecule has 0 aromatic heterocycles. The Kier molecular flexibility index (Phi) is 70.3. The van der Waals surface area contributed by atoms with Crippen LogP contribution in [0.15, 0.2) is 0 Å². The molecule has 0 aliphatic rings. The number of esters is 4. The van der Waals surface area contributed by atoms with Gasteiger partial charge in [0.2, 0.25) is 0 Å². The number of phosphoric acid groups is 2. The topological polar surface area (TPSA) is 237 Å². The quantitative estimate of drug-likeness (QED) is 0.0222. The number of hydrogen-bond donors (Lipinski definition) is 3. The van der Waals surface area contributed by atoms with Crippen LogP contribution in [0.25, 0.3) is 0 Å². The van der Waals surface area contributed by atoms with Gasteiger partial charge in [-0.3, -0.25) is 37.3 Å². The Balaban J connectivity index is 5.24. The van der Waals surface area contributed by atoms with Gasteiger partial charge < -0.3 is 33.8 Å². The van der Waals surface area contributed by atoms with E-state index in [0.717, 1.165) is 102 Å². The van der Waals surface area contributed by atoms with Crippen LogP contribution in [0, 0.1) is 11.8 Å². The van der Waals surface area contributed by atoms with Crippen LogP contribution in [0.3, 0.4) is 0 Å². The summed E-state index contributed by atoms with van der Waals surface area (Å²) >= 11 is 0. The molecule has 5 atom stereocenters. The number of hydrogen-bond acceptors (Lipinski definition) is 15. The van der Waals surface area contributed by atoms with E-state index in [1.165, 1.54) is 238 Å². The van der Waals surface area contributed by atoms with Gasteiger partial charge >= 0.3 is 39.5 Å². The van der Waals surface area contributed by atoms with Crippen LogP contribution in [-0.4, -0.2) is 96.7 Å². The zero-order valence-electron chi connectivity index (χ0n) is 64.8. The van der Waals surface area contributed by atoms with Crippen molar-refractivity contribution in [1.82, 2.24) is 0 Å². The molecule has 0 amide bonds. The van der Waals surface area contributed by atoms with Crippen LogP contribution < -0.4 is 0 Å². The summed E-state index contributed by atoms with van der Waals surface area (Å²) in [6.07, 6.45) is 60.9. The van der Waals surface area contributed by atoms with E-state index in [9.17, 15) is 43.2 Å². The highest BCUT2D eigenvalue weighted by Gasteiger charge is 2.30. The number of phosphoric ester groups is 2. The summed E-state index contributed by atoms with van der Waals surface area (Å²) in [5, 5.41) is 10.6. The zero-order valence-corrected chi connectivity index (χ0v) is 66.6. The normalized spacial score (nSPS) is 13.9. The van der Waals surface area contributed by atoms with E-state index in [1.54, 1.807) is 0 Å². The van der Waals surface area contributed by atoms with Gasteiger partial charge in [0.1, 0.15) is 19.3 Å². The molecular weight excluding hydrogens is 1290 g/mol. The Morgan fingerprint density at radius 1 is 0.273 bits per heavy atom. The summed E-state index contributed by atoms with van der Waals surface area (Å²) < 4.78 is 68.7. The molecule has 0 fully saturated rings. The van der Waals surface area contributed by atoms with Crippen LogP contribution in [0.5, 0.6) is 0 Å². The number of carbonyl (C=O) groups is 4. The van der Waals surface area contributed by atoms with E-state index >= 15 is 0 Å². The van der Waals surface area contributed by atoms with Crippen molar-refractivity contribution in [3.63, 3.8) is 0 Å². The van der Waals surface area contributed by atoms with E-state index in [0.29, 0.717) is 25.7 Å². The van der Waals surface area contributed by atoms with E-state index < -0.39 is 97.5 Å². The van der Waals surface area contributed by atoms with E-state index in [2.05, 4.69) is 41.5 Å². The Hall–Kier alpha value is -1.94. The van der Waals surface area contributed by atoms with Crippen molar-refractivity contribution in [3.8, 4) is 0 Å². The number of ether oxygens (including phenoxy) is 4. The van der Waals surface area contributed by atoms with Crippen molar-refractivity contribution < 1.29 is 80.2 Å². The smallest absolute Gasteiger partial charge is 0.462 e. The average molecular weight is 1450 g/mol. The summed E-state index contributed by atoms with van der Waals surface area (Å²) in [4.78, 5) is 73.0. The average Bonchev–Trinajstić information content (AvgIpc) is 0.952. The van der Waals surface area contributed by atoms with Crippen LogP contribution in [0.4, 0.5) is 0 Å². The van der Waals surface area contributed by atoms with Crippen molar-refractivity contribution in [2.75, 3.05) is 39.6 Å². The maximum absolute atomic E-state index is 13.1. The highest BCUT2D eigenvalue weighted by molar-refractivity contribution is 7.47. The summed E-state index contributed by atoms with van der Waals surface area (Å²) in [5.74, 6) is -0.530. The van der Waals surface area contributed by atoms with Crippen LogP contribution in [-0.2, 0) is 65.4 Å². The molecule has 0 aromatic carbocycles. The fraction of sp³-hybridized carbons (Fsp3) is 0.950. The second kappa shape index (κ2) is 71.7. The van der Waals surface area contributed by atoms with Crippen LogP contribution >= 0.6 is 15.6 Å². The molecule has 3 N–H and O–H groups in total. The molecular formula is C80H156O17P2. The number of unbranched alkanes of at least 4 members (excludes halogenated alkanes) is 49. The van der Waals surface area contributed by atoms with Gasteiger partial charge in [0.25, 0.3) is 0 Å². The van der Waals surface area contributed by atoms with Gasteiger partial charge in [0, 0.05) is 25.7 Å². The van der Waals surface area contributed by atoms with Gasteiger partial charge in [0.15, 0.2) is 12.2 Å². The third-order valence-corrected chi connectivity index (χ3v) is 20.6. The fourth-order valence-electron chi connectivity index (χ4n) is 12.4. The molecule has 0 aromatic rings. The Morgan fingerprint density at radius 2 is 0.465 bits per heavy atom. The predicted molar refractivity (Wildman–Crippen MR) is 405 cm³/mol. The minimum atomic E-state index is -4.96. The molecule has 0 heterocycles. The third kappa shape index (κ3) is 74.1. The van der Waals surface area contributed by atoms with Crippen molar-refractivity contribution in [3.05, 3.63) is 0 Å². The molecule has 0 saturated carbocycles. The SMILES string of the molecule is CCCCCCCCCCCCCCCCCCCC(=O)O[C@H](COC(=O)CCCCCCCCCCCCCCCC(C)C)COP(=O)(O)OC[C@@H](O)COP(=O)(O)OC[C@@H](COC(=O)CCCCCCCCCCCC)OC(=O)CCCCCCCCCCCCCCCC(C)C. The molecule has 0 aliphatic carbocycles. The first-order valence-corrected chi connectivity index (χ1v) is 44.5. The maximum Gasteiger partial charge on any atom is 0.472 e. The molecule has 0 rings (SSSR count). The highest BCUT2D eigenvalue weighted by Crippen LogP contribution is 2.45. The summed E-state index contributed by atoms with van der Waals surface area (Å²) in [6, 6.07) is 0. The van der Waals surface area contributed by atoms with Crippen molar-refractivity contribution in [2.45, 2.75) is 439 Å². The third-order valence-electron chi connectivity index (χ3n) is 18.7. The zero-order chi connectivity index (χ0) is 72.8. The lowest BCUT2D eigenvalue weighted by Crippen LogP contribution is -2.30. The van der Waals surface area contributed by atoms with Crippen molar-refractivity contribution in [1.29, 1.82) is 0 Å². The first kappa shape index (κ1) is 97.1. The number of aliphatic hydroxyl groups is 1. The Bertz CT molecular complexity index is 1910. The molecule has 17 nitrogen and oxygen atoms in total. The van der Waals surface area contributed by atoms with E-state index in [4.69, 9.17) is 37.0 Å². The van der Waals surface area contributed by atoms with Crippen LogP contribution in [0.1, 0.15) is 420 Å². The van der Waals surface area contributed by atoms with E-state index in [-0.39, 0.29) is 25.7 Å². The summed E-state index contributed by atoms with van der Waals surface area (Å²) in [7, 11) is -9.92. The van der Waals surface area contributed by atoms with Gasteiger partial charge in [-0.1, -0.05) is 369 Å². The van der Waals surface area contributed by atoms with Crippen LogP contribution in [0.2, 0.25) is 0 Å². The van der Waals surface area contributed by atoms with E-state index in [1.807, 2.05) is 0 Å². The Morgan fingerprint density at radius 3 is 0.687 bits per heavy atom. The van der Waals surface area contributed by atoms with Gasteiger partial charge in [-0.15, -0.1) is 0 Å². The van der Waals surface area contributed by atoms with Crippen molar-refractivity contribution in [2.24, 2.45) is 11.8 Å². The second-order valence-electron chi connectivity index (χ2n) is 29.8. The molecule has 0 aliphatic heterocycles. The maximum atomic E-state index is 13.1. The molecule has 0 radical (unpaired) electrons. The number of aliphatic hydroxyl groups excluding tert-OH is 1. The van der Waals surface area contributed by atoms with Crippen molar-refractivity contribution >= 4 is 39.5 Å². The van der Waals surface area contributed by atoms with Gasteiger partial charge in [-0.05, 0) is 37.5 Å². The van der Waals surface area contributed by atoms with Gasteiger partial charge in [-0.25, -0.2) is 9.13 Å². The Labute approximate surface area is 607 Å². The minimum Gasteiger partial charge on any atom is -0.462 e. The number of rotatable bonds is 79. The number of carbonyl (C=O) groups excluding carboxylic acids is 4. The predicted octanol–water partition coefficient (Wildman–Crippen LogP) is 23.9. The standard InChI is InChI=1S/C80H156O17P2/c1-7-9-11-13-15-17-19-20-21-22-23-28-34-40-46-52-58-64-79(84)97-76(69-91-78(83)63-57-51-45-39-33-29-24-26-31-36-42-48-54-60-72(3)4)71-95-99(88,89)93-67-74(81)66-92-98(86,87)94-70-75(68-90-77(82)62-56-50-44-38-18-16-14-12-10-8-2)96-80(85)65-59-53-47-41-35-30-25-27-32-37-43-49-55-61-73(5)6/h72-76,81H,7-71H2,1-6H3,(H,86,87)(H,88,89)/t74-,75+,76+/m0/s1. The van der Waals surface area contributed by atoms with Gasteiger partial charge in [-0.2, -0.15) is 0 Å². The lowest BCUT2D eigenvalue weighted by atomic mass is 10.0. The molecule has 588 valence electrons. The molecule has 2 unspecified atom stereocenters.